The summed E-state index contributed by atoms with van der Waals surface area (Å²) >= 11 is 0. The van der Waals surface area contributed by atoms with Gasteiger partial charge in [0.15, 0.2) is 5.78 Å². The Hall–Kier alpha value is -5.72. The van der Waals surface area contributed by atoms with E-state index in [-0.39, 0.29) is 25.6 Å². The molecule has 0 saturated carbocycles. The first-order chi connectivity index (χ1) is 26.9. The van der Waals surface area contributed by atoms with Crippen molar-refractivity contribution in [1.29, 1.82) is 0 Å². The molecule has 0 heterocycles. The topological polar surface area (TPSA) is 161 Å². The number of unbranched alkanes of at least 4 members (excludes halogenated alkanes) is 1. The molecule has 4 aromatic rings. The highest BCUT2D eigenvalue weighted by molar-refractivity contribution is 6.00. The SMILES string of the molecule is NC(Cc1ccccc1)C(=O)c1ccc(COC(=O)NCCCNCCCCN(CCCNC(=O)OCc2ccccc2)C(=O)OCc2ccccc2)cc1. The Morgan fingerprint density at radius 1 is 0.527 bits per heavy atom. The number of nitrogens with one attached hydrogen (secondary N) is 3. The quantitative estimate of drug-likeness (QED) is 0.0383. The Bertz CT molecular complexity index is 1710. The molecule has 12 heteroatoms. The van der Waals surface area contributed by atoms with Gasteiger partial charge in [-0.2, -0.15) is 0 Å². The van der Waals surface area contributed by atoms with E-state index in [1.165, 1.54) is 0 Å². The zero-order valence-corrected chi connectivity index (χ0v) is 31.3. The van der Waals surface area contributed by atoms with Crippen molar-refractivity contribution in [3.8, 4) is 0 Å². The maximum absolute atomic E-state index is 13.0. The first-order valence-electron chi connectivity index (χ1n) is 18.8. The predicted octanol–water partition coefficient (Wildman–Crippen LogP) is 6.38. The molecule has 0 radical (unpaired) electrons. The van der Waals surface area contributed by atoms with Crippen LogP contribution in [0.25, 0.3) is 0 Å². The monoisotopic (exact) mass is 751 g/mol. The van der Waals surface area contributed by atoms with Gasteiger partial charge in [-0.1, -0.05) is 115 Å². The zero-order valence-electron chi connectivity index (χ0n) is 31.3. The Labute approximate surface area is 323 Å². The van der Waals surface area contributed by atoms with Gasteiger partial charge in [-0.3, -0.25) is 4.79 Å². The van der Waals surface area contributed by atoms with E-state index in [2.05, 4.69) is 16.0 Å². The van der Waals surface area contributed by atoms with Gasteiger partial charge in [-0.05, 0) is 67.4 Å². The van der Waals surface area contributed by atoms with Crippen LogP contribution in [-0.4, -0.2) is 74.3 Å². The second-order valence-electron chi connectivity index (χ2n) is 13.0. The fourth-order valence-electron chi connectivity index (χ4n) is 5.56. The molecule has 0 spiro atoms. The molecule has 1 atom stereocenters. The van der Waals surface area contributed by atoms with Crippen molar-refractivity contribution < 1.29 is 33.4 Å². The van der Waals surface area contributed by atoms with E-state index in [0.717, 1.165) is 41.6 Å². The smallest absolute Gasteiger partial charge is 0.410 e. The molecule has 292 valence electrons. The van der Waals surface area contributed by atoms with Crippen LogP contribution in [0.1, 0.15) is 58.3 Å². The summed E-state index contributed by atoms with van der Waals surface area (Å²) in [6, 6.07) is 34.9. The molecule has 4 aromatic carbocycles. The number of benzene rings is 4. The van der Waals surface area contributed by atoms with Crippen molar-refractivity contribution in [2.24, 2.45) is 5.73 Å². The van der Waals surface area contributed by atoms with Gasteiger partial charge in [-0.25, -0.2) is 14.4 Å². The van der Waals surface area contributed by atoms with Gasteiger partial charge in [0.05, 0.1) is 6.04 Å². The van der Waals surface area contributed by atoms with E-state index < -0.39 is 24.3 Å². The van der Waals surface area contributed by atoms with Gasteiger partial charge in [-0.15, -0.1) is 0 Å². The van der Waals surface area contributed by atoms with Gasteiger partial charge in [0, 0.05) is 31.7 Å². The van der Waals surface area contributed by atoms with Gasteiger partial charge in [0.2, 0.25) is 0 Å². The molecule has 55 heavy (non-hydrogen) atoms. The Morgan fingerprint density at radius 2 is 1.00 bits per heavy atom. The third-order valence-corrected chi connectivity index (χ3v) is 8.63. The van der Waals surface area contributed by atoms with Gasteiger partial charge in [0.25, 0.3) is 0 Å². The molecule has 5 N–H and O–H groups in total. The van der Waals surface area contributed by atoms with Gasteiger partial charge < -0.3 is 40.8 Å². The molecule has 4 rings (SSSR count). The molecule has 0 aliphatic rings. The second-order valence-corrected chi connectivity index (χ2v) is 13.0. The lowest BCUT2D eigenvalue weighted by Gasteiger charge is -2.22. The number of Topliss-reactive ketones (excluding diaryl/α,β-unsaturated/α-hetero) is 1. The third kappa shape index (κ3) is 16.9. The normalized spacial score (nSPS) is 11.2. The molecular formula is C43H53N5O7. The van der Waals surface area contributed by atoms with Crippen LogP contribution in [0.2, 0.25) is 0 Å². The van der Waals surface area contributed by atoms with Crippen LogP contribution in [0.15, 0.2) is 115 Å². The highest BCUT2D eigenvalue weighted by Crippen LogP contribution is 2.11. The molecular weight excluding hydrogens is 699 g/mol. The summed E-state index contributed by atoms with van der Waals surface area (Å²) in [5.74, 6) is -0.135. The number of hydrogen-bond donors (Lipinski definition) is 4. The minimum atomic E-state index is -0.633. The first kappa shape index (κ1) is 42.0. The van der Waals surface area contributed by atoms with E-state index in [9.17, 15) is 19.2 Å². The Kier molecular flexibility index (Phi) is 18.8. The molecule has 3 amide bonds. The Morgan fingerprint density at radius 3 is 1.58 bits per heavy atom. The minimum Gasteiger partial charge on any atom is -0.445 e. The van der Waals surface area contributed by atoms with Crippen molar-refractivity contribution in [3.05, 3.63) is 143 Å². The second kappa shape index (κ2) is 24.6. The lowest BCUT2D eigenvalue weighted by Crippen LogP contribution is -2.36. The predicted molar refractivity (Wildman–Crippen MR) is 211 cm³/mol. The maximum Gasteiger partial charge on any atom is 0.410 e. The van der Waals surface area contributed by atoms with E-state index in [1.807, 2.05) is 91.0 Å². The summed E-state index contributed by atoms with van der Waals surface area (Å²) < 4.78 is 16.2. The van der Waals surface area contributed by atoms with Crippen molar-refractivity contribution in [3.63, 3.8) is 0 Å². The molecule has 0 saturated heterocycles. The summed E-state index contributed by atoms with van der Waals surface area (Å²) in [4.78, 5) is 51.7. The van der Waals surface area contributed by atoms with Crippen molar-refractivity contribution >= 4 is 24.1 Å². The highest BCUT2D eigenvalue weighted by atomic mass is 16.6. The summed E-state index contributed by atoms with van der Waals surface area (Å²) in [6.07, 6.45) is 1.92. The standard InChI is InChI=1S/C43H53N5O7/c44-39(30-34-14-4-1-5-15-34)40(49)38-22-20-37(21-23-38)32-54-41(50)46-26-12-25-45-24-10-11-28-48(43(52)55-33-36-18-8-3-9-19-36)29-13-27-47-42(51)53-31-35-16-6-2-7-17-35/h1-9,14-23,39,45H,10-13,24-33,44H2,(H,46,50)(H,47,51). The van der Waals surface area contributed by atoms with Crippen LogP contribution in [0.3, 0.4) is 0 Å². The van der Waals surface area contributed by atoms with Crippen LogP contribution in [0.4, 0.5) is 14.4 Å². The van der Waals surface area contributed by atoms with E-state index in [1.54, 1.807) is 29.2 Å². The molecule has 12 nitrogen and oxygen atoms in total. The Balaban J connectivity index is 1.05. The molecule has 0 aromatic heterocycles. The average Bonchev–Trinajstić information content (AvgIpc) is 3.22. The van der Waals surface area contributed by atoms with E-state index in [0.29, 0.717) is 57.5 Å². The fourth-order valence-corrected chi connectivity index (χ4v) is 5.56. The van der Waals surface area contributed by atoms with Crippen LogP contribution in [0.5, 0.6) is 0 Å². The van der Waals surface area contributed by atoms with Crippen LogP contribution in [0, 0.1) is 0 Å². The van der Waals surface area contributed by atoms with Crippen LogP contribution < -0.4 is 21.7 Å². The number of carbonyl (C=O) groups is 4. The average molecular weight is 752 g/mol. The number of carbonyl (C=O) groups excluding carboxylic acids is 4. The number of ketones is 1. The van der Waals surface area contributed by atoms with E-state index in [4.69, 9.17) is 19.9 Å². The van der Waals surface area contributed by atoms with Crippen LogP contribution in [-0.2, 0) is 40.5 Å². The van der Waals surface area contributed by atoms with E-state index >= 15 is 0 Å². The van der Waals surface area contributed by atoms with Gasteiger partial charge >= 0.3 is 18.3 Å². The number of nitrogens with zero attached hydrogens (tertiary/aromatic N) is 1. The molecule has 0 aliphatic carbocycles. The highest BCUT2D eigenvalue weighted by Gasteiger charge is 2.17. The summed E-state index contributed by atoms with van der Waals surface area (Å²) in [5, 5.41) is 8.86. The number of nitrogens with two attached hydrogens (primary N) is 1. The number of rotatable bonds is 23. The third-order valence-electron chi connectivity index (χ3n) is 8.63. The molecule has 1 unspecified atom stereocenters. The summed E-state index contributed by atoms with van der Waals surface area (Å²) in [5.41, 5.74) is 10.3. The van der Waals surface area contributed by atoms with Gasteiger partial charge in [0.1, 0.15) is 19.8 Å². The molecule has 0 aliphatic heterocycles. The lowest BCUT2D eigenvalue weighted by atomic mass is 9.98. The zero-order chi connectivity index (χ0) is 38.9. The maximum atomic E-state index is 13.0. The number of hydrogen-bond acceptors (Lipinski definition) is 9. The van der Waals surface area contributed by atoms with Crippen molar-refractivity contribution in [2.75, 3.05) is 39.3 Å². The summed E-state index contributed by atoms with van der Waals surface area (Å²) in [6.45, 7) is 3.68. The van der Waals surface area contributed by atoms with Crippen LogP contribution >= 0.6 is 0 Å². The number of alkyl carbamates (subject to hydrolysis) is 2. The number of amides is 3. The number of ether oxygens (including phenoxy) is 3. The molecule has 0 bridgehead atoms. The minimum absolute atomic E-state index is 0.0866. The lowest BCUT2D eigenvalue weighted by molar-refractivity contribution is 0.0945. The first-order valence-corrected chi connectivity index (χ1v) is 18.8. The fraction of sp³-hybridized carbons (Fsp3) is 0.349. The van der Waals surface area contributed by atoms with Crippen molar-refractivity contribution in [1.82, 2.24) is 20.9 Å². The largest absolute Gasteiger partial charge is 0.445 e. The van der Waals surface area contributed by atoms with Crippen molar-refractivity contribution in [2.45, 2.75) is 58.0 Å². The summed E-state index contributed by atoms with van der Waals surface area (Å²) in [7, 11) is 0. The molecule has 0 fully saturated rings.